The zero-order valence-electron chi connectivity index (χ0n) is 38.6. The summed E-state index contributed by atoms with van der Waals surface area (Å²) < 4.78 is 7.69. The predicted octanol–water partition coefficient (Wildman–Crippen LogP) is 17.7. The highest BCUT2D eigenvalue weighted by Gasteiger charge is 2.29. The maximum Gasteiger partial charge on any atom is 0.0627 e. The first-order valence-corrected chi connectivity index (χ1v) is 23.8. The van der Waals surface area contributed by atoms with Crippen LogP contribution in [0, 0.1) is 0 Å². The van der Waals surface area contributed by atoms with Gasteiger partial charge in [-0.15, -0.1) is 0 Å². The Morgan fingerprint density at radius 3 is 1.58 bits per heavy atom. The first-order valence-electron chi connectivity index (χ1n) is 23.8. The maximum atomic E-state index is 2.65. The van der Waals surface area contributed by atoms with Gasteiger partial charge in [0.25, 0.3) is 0 Å². The lowest BCUT2D eigenvalue weighted by Crippen LogP contribution is -2.11. The molecule has 67 heavy (non-hydrogen) atoms. The third kappa shape index (κ3) is 4.81. The molecule has 0 unspecified atom stereocenters. The van der Waals surface area contributed by atoms with Crippen molar-refractivity contribution in [1.82, 2.24) is 13.4 Å². The van der Waals surface area contributed by atoms with Crippen molar-refractivity contribution in [3.05, 3.63) is 187 Å². The Morgan fingerprint density at radius 1 is 0.313 bits per heavy atom. The monoisotopic (exact) mass is 857 g/mol. The van der Waals surface area contributed by atoms with E-state index >= 15 is 0 Å². The zero-order valence-corrected chi connectivity index (χ0v) is 38.6. The largest absolute Gasteiger partial charge is 0.309 e. The highest BCUT2D eigenvalue weighted by Crippen LogP contribution is 2.50. The fraction of sp³-hybridized carbons (Fsp3) is 0.125. The summed E-state index contributed by atoms with van der Waals surface area (Å²) in [6.07, 6.45) is 0. The number of aromatic nitrogens is 3. The Balaban J connectivity index is 1.13. The minimum atomic E-state index is -0.0695. The number of fused-ring (bicyclic) bond motifs is 19. The SMILES string of the molecule is CC(C)(C)c1cc(-c2ccc3c(c2)c2ccccc2n3-c2ccccc2)c2c(c1)c1cc(C(C)(C)C)cc3c4cc5c(cc4n2c31)c1cc2ccccc2c2c3ccc4ccccc4c3n5c12. The topological polar surface area (TPSA) is 13.8 Å². The molecule has 15 rings (SSSR count). The smallest absolute Gasteiger partial charge is 0.0627 e. The quantitative estimate of drug-likeness (QED) is 0.164. The first-order chi connectivity index (χ1) is 32.5. The average Bonchev–Trinajstić information content (AvgIpc) is 4.12. The van der Waals surface area contributed by atoms with E-state index in [1.54, 1.807) is 0 Å². The van der Waals surface area contributed by atoms with Gasteiger partial charge in [-0.05, 0) is 116 Å². The summed E-state index contributed by atoms with van der Waals surface area (Å²) in [6, 6.07) is 67.1. The molecule has 15 aromatic rings. The number of para-hydroxylation sites is 2. The number of benzene rings is 10. The Hall–Kier alpha value is -7.88. The second-order valence-corrected chi connectivity index (χ2v) is 21.4. The Morgan fingerprint density at radius 2 is 0.851 bits per heavy atom. The molecule has 0 bridgehead atoms. The minimum Gasteiger partial charge on any atom is -0.309 e. The fourth-order valence-corrected chi connectivity index (χ4v) is 12.3. The van der Waals surface area contributed by atoms with Crippen LogP contribution in [0.4, 0.5) is 0 Å². The number of rotatable bonds is 2. The van der Waals surface area contributed by atoms with Crippen molar-refractivity contribution >= 4 is 120 Å². The molecule has 0 aliphatic carbocycles. The Kier molecular flexibility index (Phi) is 6.97. The minimum absolute atomic E-state index is 0.0564. The summed E-state index contributed by atoms with van der Waals surface area (Å²) in [5, 5.41) is 18.2. The maximum absolute atomic E-state index is 2.65. The van der Waals surface area contributed by atoms with E-state index in [1.807, 2.05) is 0 Å². The summed E-state index contributed by atoms with van der Waals surface area (Å²) in [5.41, 5.74) is 16.4. The van der Waals surface area contributed by atoms with E-state index in [0.717, 1.165) is 0 Å². The molecule has 0 atom stereocenters. The van der Waals surface area contributed by atoms with Crippen LogP contribution in [0.25, 0.3) is 136 Å². The highest BCUT2D eigenvalue weighted by molar-refractivity contribution is 6.35. The molecule has 0 spiro atoms. The molecule has 318 valence electrons. The van der Waals surface area contributed by atoms with Crippen LogP contribution in [0.3, 0.4) is 0 Å². The molecule has 3 nitrogen and oxygen atoms in total. The number of nitrogens with zero attached hydrogens (tertiary/aromatic N) is 3. The number of hydrogen-bond acceptors (Lipinski definition) is 0. The van der Waals surface area contributed by atoms with Gasteiger partial charge in [0.15, 0.2) is 0 Å². The number of hydrogen-bond donors (Lipinski definition) is 0. The van der Waals surface area contributed by atoms with Crippen LogP contribution in [0.2, 0.25) is 0 Å². The van der Waals surface area contributed by atoms with E-state index in [4.69, 9.17) is 0 Å². The van der Waals surface area contributed by atoms with Gasteiger partial charge in [-0.1, -0.05) is 145 Å². The van der Waals surface area contributed by atoms with Crippen molar-refractivity contribution in [2.24, 2.45) is 0 Å². The zero-order chi connectivity index (χ0) is 44.8. The van der Waals surface area contributed by atoms with E-state index in [1.165, 1.54) is 147 Å². The predicted molar refractivity (Wildman–Crippen MR) is 288 cm³/mol. The molecule has 0 aliphatic heterocycles. The molecule has 5 heterocycles. The fourth-order valence-electron chi connectivity index (χ4n) is 12.3. The van der Waals surface area contributed by atoms with Crippen molar-refractivity contribution in [3.8, 4) is 16.8 Å². The second-order valence-electron chi connectivity index (χ2n) is 21.4. The van der Waals surface area contributed by atoms with E-state index in [2.05, 4.69) is 231 Å². The Labute approximate surface area is 387 Å². The van der Waals surface area contributed by atoms with Crippen molar-refractivity contribution in [2.75, 3.05) is 0 Å². The summed E-state index contributed by atoms with van der Waals surface area (Å²) >= 11 is 0. The molecule has 0 saturated carbocycles. The third-order valence-electron chi connectivity index (χ3n) is 15.5. The average molecular weight is 858 g/mol. The standard InChI is InChI=1S/C64H47N3/c1-63(2,3)39-30-46(38-25-27-55-47(28-38)44-22-14-15-23-54(44)65(55)41-18-8-7-9-19-41)60-52(32-39)53-33-40(64(4,5)6)31-51-49-35-57-48(34-56(49)66(60)61(51)53)50-29-37-17-11-12-20-42(37)58-45-26-24-36-16-10-13-21-43(36)59(45)67(57)62(50)58/h7-35H,1-6H3. The van der Waals surface area contributed by atoms with E-state index in [9.17, 15) is 0 Å². The van der Waals surface area contributed by atoms with Crippen LogP contribution in [-0.4, -0.2) is 13.4 Å². The van der Waals surface area contributed by atoms with Crippen molar-refractivity contribution in [3.63, 3.8) is 0 Å². The van der Waals surface area contributed by atoms with Crippen LogP contribution < -0.4 is 0 Å². The summed E-state index contributed by atoms with van der Waals surface area (Å²) in [6.45, 7) is 14.2. The van der Waals surface area contributed by atoms with Gasteiger partial charge in [-0.25, -0.2) is 0 Å². The van der Waals surface area contributed by atoms with Gasteiger partial charge >= 0.3 is 0 Å². The van der Waals surface area contributed by atoms with Gasteiger partial charge in [0.1, 0.15) is 0 Å². The molecular weight excluding hydrogens is 811 g/mol. The molecule has 10 aromatic carbocycles. The van der Waals surface area contributed by atoms with Crippen LogP contribution in [0.15, 0.2) is 176 Å². The van der Waals surface area contributed by atoms with Crippen molar-refractivity contribution in [2.45, 2.75) is 52.4 Å². The molecule has 0 fully saturated rings. The highest BCUT2D eigenvalue weighted by atomic mass is 15.0. The van der Waals surface area contributed by atoms with Gasteiger partial charge in [-0.3, -0.25) is 0 Å². The lowest BCUT2D eigenvalue weighted by molar-refractivity contribution is 0.591. The van der Waals surface area contributed by atoms with Crippen LogP contribution >= 0.6 is 0 Å². The molecule has 0 saturated heterocycles. The molecule has 3 heteroatoms. The lowest BCUT2D eigenvalue weighted by Gasteiger charge is -2.22. The Bertz CT molecular complexity index is 4620. The van der Waals surface area contributed by atoms with Gasteiger partial charge in [0.05, 0.1) is 44.1 Å². The van der Waals surface area contributed by atoms with Gasteiger partial charge in [0.2, 0.25) is 0 Å². The van der Waals surface area contributed by atoms with E-state index in [-0.39, 0.29) is 10.8 Å². The van der Waals surface area contributed by atoms with Gasteiger partial charge in [-0.2, -0.15) is 0 Å². The molecular formula is C64H47N3. The summed E-state index contributed by atoms with van der Waals surface area (Å²) in [4.78, 5) is 0. The first kappa shape index (κ1) is 37.4. The lowest BCUT2D eigenvalue weighted by atomic mass is 9.83. The molecule has 0 aliphatic rings. The molecule has 0 radical (unpaired) electrons. The molecule has 0 amide bonds. The normalized spacial score (nSPS) is 13.2. The van der Waals surface area contributed by atoms with Gasteiger partial charge in [0, 0.05) is 70.5 Å². The summed E-state index contributed by atoms with van der Waals surface area (Å²) in [5.74, 6) is 0. The molecule has 5 aromatic heterocycles. The van der Waals surface area contributed by atoms with Crippen LogP contribution in [0.5, 0.6) is 0 Å². The molecule has 0 N–H and O–H groups in total. The van der Waals surface area contributed by atoms with Crippen LogP contribution in [-0.2, 0) is 10.8 Å². The van der Waals surface area contributed by atoms with Crippen molar-refractivity contribution < 1.29 is 0 Å². The van der Waals surface area contributed by atoms with E-state index in [0.29, 0.717) is 0 Å². The second kappa shape index (κ2) is 12.5. The summed E-state index contributed by atoms with van der Waals surface area (Å²) in [7, 11) is 0. The van der Waals surface area contributed by atoms with E-state index < -0.39 is 0 Å². The van der Waals surface area contributed by atoms with Crippen LogP contribution in [0.1, 0.15) is 52.7 Å². The third-order valence-corrected chi connectivity index (χ3v) is 15.5. The van der Waals surface area contributed by atoms with Gasteiger partial charge < -0.3 is 13.4 Å². The van der Waals surface area contributed by atoms with Crippen molar-refractivity contribution in [1.29, 1.82) is 0 Å².